The smallest absolute Gasteiger partial charge is 0.298 e. The third-order valence-electron chi connectivity index (χ3n) is 2.53. The average molecular weight is 313 g/mol. The molecule has 108 valence electrons. The van der Waals surface area contributed by atoms with Crippen LogP contribution in [0.3, 0.4) is 0 Å². The van der Waals surface area contributed by atoms with Gasteiger partial charge in [-0.2, -0.15) is 18.3 Å². The maximum atomic E-state index is 12.5. The average Bonchev–Trinajstić information content (AvgIpc) is 3.03. The van der Waals surface area contributed by atoms with Crippen molar-refractivity contribution >= 4 is 28.0 Å². The molecule has 0 fully saturated rings. The number of rotatable bonds is 2. The van der Waals surface area contributed by atoms with Crippen molar-refractivity contribution in [2.75, 3.05) is 5.32 Å². The molecule has 21 heavy (non-hydrogen) atoms. The fraction of sp³-hybridized carbons (Fsp3) is 0.0909. The van der Waals surface area contributed by atoms with E-state index in [1.54, 1.807) is 12.3 Å². The van der Waals surface area contributed by atoms with E-state index in [0.717, 1.165) is 0 Å². The SMILES string of the molecule is O=C(Nc1ncc(C(F)(F)F)s1)c1cnn2cccnc12. The summed E-state index contributed by atoms with van der Waals surface area (Å²) in [5.41, 5.74) is 0.460. The number of anilines is 1. The summed E-state index contributed by atoms with van der Waals surface area (Å²) in [6, 6.07) is 1.64. The molecule has 3 aromatic heterocycles. The molecule has 10 heteroatoms. The van der Waals surface area contributed by atoms with E-state index in [4.69, 9.17) is 0 Å². The van der Waals surface area contributed by atoms with Crippen LogP contribution in [0.2, 0.25) is 0 Å². The minimum atomic E-state index is -4.48. The lowest BCUT2D eigenvalue weighted by atomic mass is 10.3. The molecule has 0 aromatic carbocycles. The van der Waals surface area contributed by atoms with E-state index in [2.05, 4.69) is 20.4 Å². The van der Waals surface area contributed by atoms with Crippen LogP contribution in [-0.2, 0) is 6.18 Å². The molecule has 3 aromatic rings. The summed E-state index contributed by atoms with van der Waals surface area (Å²) < 4.78 is 38.8. The Morgan fingerprint density at radius 2 is 2.10 bits per heavy atom. The summed E-state index contributed by atoms with van der Waals surface area (Å²) in [6.45, 7) is 0. The van der Waals surface area contributed by atoms with Crippen molar-refractivity contribution in [3.05, 3.63) is 41.3 Å². The molecule has 0 saturated heterocycles. The van der Waals surface area contributed by atoms with Gasteiger partial charge >= 0.3 is 6.18 Å². The molecule has 0 bridgehead atoms. The maximum Gasteiger partial charge on any atom is 0.427 e. The molecule has 1 N–H and O–H groups in total. The second kappa shape index (κ2) is 4.81. The van der Waals surface area contributed by atoms with Gasteiger partial charge in [-0.1, -0.05) is 11.3 Å². The third-order valence-corrected chi connectivity index (χ3v) is 3.49. The van der Waals surface area contributed by atoms with E-state index < -0.39 is 17.0 Å². The zero-order chi connectivity index (χ0) is 15.0. The molecule has 0 radical (unpaired) electrons. The monoisotopic (exact) mass is 313 g/mol. The van der Waals surface area contributed by atoms with Gasteiger partial charge in [0, 0.05) is 12.4 Å². The second-order valence-corrected chi connectivity index (χ2v) is 4.96. The van der Waals surface area contributed by atoms with E-state index in [0.29, 0.717) is 23.2 Å². The number of hydrogen-bond acceptors (Lipinski definition) is 5. The number of nitrogens with one attached hydrogen (secondary N) is 1. The topological polar surface area (TPSA) is 72.2 Å². The second-order valence-electron chi connectivity index (χ2n) is 3.93. The Hall–Kier alpha value is -2.49. The van der Waals surface area contributed by atoms with Crippen molar-refractivity contribution in [3.8, 4) is 0 Å². The Labute approximate surface area is 119 Å². The highest BCUT2D eigenvalue weighted by molar-refractivity contribution is 7.15. The lowest BCUT2D eigenvalue weighted by Gasteiger charge is -2.00. The fourth-order valence-electron chi connectivity index (χ4n) is 1.61. The van der Waals surface area contributed by atoms with Crippen molar-refractivity contribution in [1.29, 1.82) is 0 Å². The number of carbonyl (C=O) groups is 1. The number of fused-ring (bicyclic) bond motifs is 1. The van der Waals surface area contributed by atoms with E-state index in [9.17, 15) is 18.0 Å². The number of thiazole rings is 1. The van der Waals surface area contributed by atoms with Crippen LogP contribution >= 0.6 is 11.3 Å². The quantitative estimate of drug-likeness (QED) is 0.789. The number of aromatic nitrogens is 4. The van der Waals surface area contributed by atoms with Gasteiger partial charge < -0.3 is 0 Å². The zero-order valence-electron chi connectivity index (χ0n) is 10.1. The molecule has 0 atom stereocenters. The highest BCUT2D eigenvalue weighted by atomic mass is 32.1. The molecule has 6 nitrogen and oxygen atoms in total. The summed E-state index contributed by atoms with van der Waals surface area (Å²) >= 11 is 0.355. The van der Waals surface area contributed by atoms with Gasteiger partial charge in [-0.15, -0.1) is 0 Å². The standard InChI is InChI=1S/C11H6F3N5OS/c12-11(13,14)7-5-16-10(21-7)18-9(20)6-4-17-19-3-1-2-15-8(6)19/h1-5H,(H,16,18,20). The molecule has 0 unspecified atom stereocenters. The predicted molar refractivity (Wildman–Crippen MR) is 68.1 cm³/mol. The van der Waals surface area contributed by atoms with Gasteiger partial charge in [-0.05, 0) is 6.07 Å². The summed E-state index contributed by atoms with van der Waals surface area (Å²) in [5.74, 6) is -0.619. The number of halogens is 3. The molecular weight excluding hydrogens is 307 g/mol. The lowest BCUT2D eigenvalue weighted by molar-refractivity contribution is -0.134. The van der Waals surface area contributed by atoms with E-state index in [1.807, 2.05) is 0 Å². The van der Waals surface area contributed by atoms with Crippen LogP contribution in [0.25, 0.3) is 5.65 Å². The number of carbonyl (C=O) groups excluding carboxylic acids is 1. The summed E-state index contributed by atoms with van der Waals surface area (Å²) in [7, 11) is 0. The van der Waals surface area contributed by atoms with E-state index >= 15 is 0 Å². The molecule has 0 spiro atoms. The Kier molecular flexibility index (Phi) is 3.09. The molecule has 0 aliphatic heterocycles. The first-order chi connectivity index (χ1) is 9.95. The summed E-state index contributed by atoms with van der Waals surface area (Å²) in [6.07, 6.45) is 0.570. The van der Waals surface area contributed by atoms with Crippen LogP contribution in [0.4, 0.5) is 18.3 Å². The Bertz CT molecular complexity index is 809. The number of nitrogens with zero attached hydrogens (tertiary/aromatic N) is 4. The van der Waals surface area contributed by atoms with Crippen LogP contribution in [0, 0.1) is 0 Å². The van der Waals surface area contributed by atoms with Gasteiger partial charge in [0.15, 0.2) is 10.8 Å². The highest BCUT2D eigenvalue weighted by Gasteiger charge is 2.33. The van der Waals surface area contributed by atoms with Crippen molar-refractivity contribution in [3.63, 3.8) is 0 Å². The van der Waals surface area contributed by atoms with Crippen molar-refractivity contribution in [2.45, 2.75) is 6.18 Å². The minimum absolute atomic E-state index is 0.136. The van der Waals surface area contributed by atoms with Gasteiger partial charge in [0.1, 0.15) is 10.4 Å². The van der Waals surface area contributed by atoms with E-state index in [1.165, 1.54) is 16.9 Å². The maximum absolute atomic E-state index is 12.5. The number of alkyl halides is 3. The molecule has 3 rings (SSSR count). The van der Waals surface area contributed by atoms with Crippen LogP contribution < -0.4 is 5.32 Å². The van der Waals surface area contributed by atoms with Gasteiger partial charge in [0.2, 0.25) is 0 Å². The van der Waals surface area contributed by atoms with Crippen molar-refractivity contribution in [1.82, 2.24) is 19.6 Å². The predicted octanol–water partition coefficient (Wildman–Crippen LogP) is 2.46. The van der Waals surface area contributed by atoms with Crippen LogP contribution in [0.5, 0.6) is 0 Å². The molecule has 0 saturated carbocycles. The van der Waals surface area contributed by atoms with Crippen LogP contribution in [-0.4, -0.2) is 25.5 Å². The summed E-state index contributed by atoms with van der Waals surface area (Å²) in [5, 5.41) is 6.09. The Balaban J connectivity index is 1.85. The Morgan fingerprint density at radius 3 is 2.81 bits per heavy atom. The molecular formula is C11H6F3N5OS. The van der Waals surface area contributed by atoms with Crippen LogP contribution in [0.1, 0.15) is 15.2 Å². The fourth-order valence-corrected chi connectivity index (χ4v) is 2.29. The van der Waals surface area contributed by atoms with Crippen molar-refractivity contribution in [2.24, 2.45) is 0 Å². The van der Waals surface area contributed by atoms with Gasteiger partial charge in [-0.25, -0.2) is 14.5 Å². The lowest BCUT2D eigenvalue weighted by Crippen LogP contribution is -2.11. The normalized spacial score (nSPS) is 11.8. The van der Waals surface area contributed by atoms with Crippen LogP contribution in [0.15, 0.2) is 30.9 Å². The van der Waals surface area contributed by atoms with Gasteiger partial charge in [0.05, 0.1) is 12.4 Å². The number of hydrogen-bond donors (Lipinski definition) is 1. The summed E-state index contributed by atoms with van der Waals surface area (Å²) in [4.78, 5) is 18.7. The molecule has 0 aliphatic rings. The highest BCUT2D eigenvalue weighted by Crippen LogP contribution is 2.35. The largest absolute Gasteiger partial charge is 0.427 e. The minimum Gasteiger partial charge on any atom is -0.298 e. The van der Waals surface area contributed by atoms with Gasteiger partial charge in [0.25, 0.3) is 5.91 Å². The molecule has 3 heterocycles. The molecule has 0 aliphatic carbocycles. The first kappa shape index (κ1) is 13.5. The first-order valence-corrected chi connectivity index (χ1v) is 6.39. The molecule has 1 amide bonds. The van der Waals surface area contributed by atoms with Crippen molar-refractivity contribution < 1.29 is 18.0 Å². The van der Waals surface area contributed by atoms with E-state index in [-0.39, 0.29) is 10.7 Å². The Morgan fingerprint density at radius 1 is 1.29 bits per heavy atom. The third kappa shape index (κ3) is 2.57. The van der Waals surface area contributed by atoms with Gasteiger partial charge in [-0.3, -0.25) is 10.1 Å². The number of amides is 1. The zero-order valence-corrected chi connectivity index (χ0v) is 10.9. The first-order valence-electron chi connectivity index (χ1n) is 5.58.